The monoisotopic (exact) mass is 354 g/mol. The summed E-state index contributed by atoms with van der Waals surface area (Å²) < 4.78 is 2.20. The molecule has 26 heavy (non-hydrogen) atoms. The van der Waals surface area contributed by atoms with Crippen molar-refractivity contribution in [3.8, 4) is 0 Å². The summed E-state index contributed by atoms with van der Waals surface area (Å²) in [4.78, 5) is 26.7. The summed E-state index contributed by atoms with van der Waals surface area (Å²) >= 11 is 0. The molecule has 0 radical (unpaired) electrons. The molecule has 1 aromatic heterocycles. The Morgan fingerprint density at radius 1 is 1.23 bits per heavy atom. The second-order valence-electron chi connectivity index (χ2n) is 6.95. The summed E-state index contributed by atoms with van der Waals surface area (Å²) in [5.74, 6) is 0.0777. The SMILES string of the molecule is Cc1c(CC(=O)N(C)CCO)c2c(n1Cc1ccccc1)CCCC2=O. The molecule has 1 N–H and O–H groups in total. The lowest BCUT2D eigenvalue weighted by molar-refractivity contribution is -0.129. The van der Waals surface area contributed by atoms with E-state index in [0.29, 0.717) is 19.5 Å². The number of hydrogen-bond donors (Lipinski definition) is 1. The van der Waals surface area contributed by atoms with Gasteiger partial charge in [-0.25, -0.2) is 0 Å². The standard InChI is InChI=1S/C21H26N2O3/c1-15-17(13-20(26)22(2)11-12-24)21-18(9-6-10-19(21)25)23(15)14-16-7-4-3-5-8-16/h3-5,7-8,24H,6,9-14H2,1-2H3. The van der Waals surface area contributed by atoms with Crippen LogP contribution in [0.25, 0.3) is 0 Å². The number of likely N-dealkylation sites (N-methyl/N-ethyl adjacent to an activating group) is 1. The number of Topliss-reactive ketones (excluding diaryl/α,β-unsaturated/α-hetero) is 1. The van der Waals surface area contributed by atoms with E-state index in [1.165, 1.54) is 10.5 Å². The van der Waals surface area contributed by atoms with E-state index in [1.54, 1.807) is 7.05 Å². The number of amides is 1. The summed E-state index contributed by atoms with van der Waals surface area (Å²) in [6, 6.07) is 10.2. The van der Waals surface area contributed by atoms with Crippen molar-refractivity contribution in [1.29, 1.82) is 0 Å². The van der Waals surface area contributed by atoms with Crippen LogP contribution in [0, 0.1) is 6.92 Å². The van der Waals surface area contributed by atoms with Crippen molar-refractivity contribution >= 4 is 11.7 Å². The quantitative estimate of drug-likeness (QED) is 0.866. The number of rotatable bonds is 6. The number of fused-ring (bicyclic) bond motifs is 1. The van der Waals surface area contributed by atoms with Crippen LogP contribution in [0.2, 0.25) is 0 Å². The number of nitrogens with zero attached hydrogens (tertiary/aromatic N) is 2. The Bertz CT molecular complexity index is 808. The number of aromatic nitrogens is 1. The molecule has 0 bridgehead atoms. The molecule has 1 aliphatic rings. The highest BCUT2D eigenvalue weighted by molar-refractivity contribution is 6.01. The molecule has 0 saturated carbocycles. The third kappa shape index (κ3) is 3.58. The average molecular weight is 354 g/mol. The van der Waals surface area contributed by atoms with Gasteiger partial charge >= 0.3 is 0 Å². The molecule has 1 aromatic carbocycles. The Morgan fingerprint density at radius 3 is 2.65 bits per heavy atom. The van der Waals surface area contributed by atoms with Gasteiger partial charge < -0.3 is 14.6 Å². The van der Waals surface area contributed by atoms with Gasteiger partial charge in [0.15, 0.2) is 5.78 Å². The second-order valence-corrected chi connectivity index (χ2v) is 6.95. The molecule has 1 heterocycles. The van der Waals surface area contributed by atoms with Crippen LogP contribution in [-0.4, -0.2) is 46.5 Å². The molecule has 0 unspecified atom stereocenters. The zero-order chi connectivity index (χ0) is 18.7. The van der Waals surface area contributed by atoms with Crippen molar-refractivity contribution < 1.29 is 14.7 Å². The second kappa shape index (κ2) is 7.87. The van der Waals surface area contributed by atoms with Crippen LogP contribution in [0.1, 0.15) is 45.7 Å². The highest BCUT2D eigenvalue weighted by Crippen LogP contribution is 2.31. The predicted octanol–water partition coefficient (Wildman–Crippen LogP) is 2.36. The molecule has 5 heteroatoms. The summed E-state index contributed by atoms with van der Waals surface area (Å²) in [7, 11) is 1.68. The van der Waals surface area contributed by atoms with Crippen LogP contribution < -0.4 is 0 Å². The molecule has 0 spiro atoms. The average Bonchev–Trinajstić information content (AvgIpc) is 2.89. The first-order chi connectivity index (χ1) is 12.5. The van der Waals surface area contributed by atoms with Gasteiger partial charge in [0.25, 0.3) is 0 Å². The summed E-state index contributed by atoms with van der Waals surface area (Å²) in [6.45, 7) is 2.96. The molecule has 5 nitrogen and oxygen atoms in total. The molecule has 0 saturated heterocycles. The van der Waals surface area contributed by atoms with E-state index in [4.69, 9.17) is 5.11 Å². The van der Waals surface area contributed by atoms with Crippen LogP contribution in [0.3, 0.4) is 0 Å². The first-order valence-electron chi connectivity index (χ1n) is 9.15. The highest BCUT2D eigenvalue weighted by atomic mass is 16.3. The topological polar surface area (TPSA) is 62.5 Å². The lowest BCUT2D eigenvalue weighted by atomic mass is 9.92. The van der Waals surface area contributed by atoms with E-state index >= 15 is 0 Å². The first-order valence-corrected chi connectivity index (χ1v) is 9.15. The van der Waals surface area contributed by atoms with Crippen molar-refractivity contribution in [1.82, 2.24) is 9.47 Å². The smallest absolute Gasteiger partial charge is 0.226 e. The van der Waals surface area contributed by atoms with E-state index in [-0.39, 0.29) is 24.7 Å². The van der Waals surface area contributed by atoms with Crippen LogP contribution in [0.4, 0.5) is 0 Å². The van der Waals surface area contributed by atoms with Gasteiger partial charge in [-0.2, -0.15) is 0 Å². The van der Waals surface area contributed by atoms with Gasteiger partial charge in [-0.3, -0.25) is 9.59 Å². The van der Waals surface area contributed by atoms with Gasteiger partial charge in [-0.05, 0) is 30.9 Å². The molecule has 0 atom stereocenters. The van der Waals surface area contributed by atoms with Crippen molar-refractivity contribution in [3.63, 3.8) is 0 Å². The van der Waals surface area contributed by atoms with Crippen LogP contribution in [0.5, 0.6) is 0 Å². The summed E-state index contributed by atoms with van der Waals surface area (Å²) in [5, 5.41) is 9.06. The third-order valence-electron chi connectivity index (χ3n) is 5.23. The van der Waals surface area contributed by atoms with E-state index in [0.717, 1.165) is 35.4 Å². The first kappa shape index (κ1) is 18.4. The van der Waals surface area contributed by atoms with E-state index in [1.807, 2.05) is 25.1 Å². The van der Waals surface area contributed by atoms with E-state index < -0.39 is 0 Å². The normalized spacial score (nSPS) is 13.6. The van der Waals surface area contributed by atoms with Gasteiger partial charge in [0.1, 0.15) is 0 Å². The fourth-order valence-corrected chi connectivity index (χ4v) is 3.74. The predicted molar refractivity (Wildman–Crippen MR) is 100 cm³/mol. The molecular weight excluding hydrogens is 328 g/mol. The number of carbonyl (C=O) groups is 2. The van der Waals surface area contributed by atoms with Crippen molar-refractivity contribution in [2.24, 2.45) is 0 Å². The summed E-state index contributed by atoms with van der Waals surface area (Å²) in [6.07, 6.45) is 2.49. The van der Waals surface area contributed by atoms with Gasteiger partial charge in [-0.15, -0.1) is 0 Å². The number of hydrogen-bond acceptors (Lipinski definition) is 3. The molecule has 0 aliphatic heterocycles. The Kier molecular flexibility index (Phi) is 5.57. The van der Waals surface area contributed by atoms with Crippen LogP contribution in [0.15, 0.2) is 30.3 Å². The molecule has 138 valence electrons. The van der Waals surface area contributed by atoms with Gasteiger partial charge in [0, 0.05) is 43.5 Å². The molecule has 1 aliphatic carbocycles. The largest absolute Gasteiger partial charge is 0.395 e. The van der Waals surface area contributed by atoms with Gasteiger partial charge in [-0.1, -0.05) is 30.3 Å². The van der Waals surface area contributed by atoms with E-state index in [9.17, 15) is 9.59 Å². The Balaban J connectivity index is 1.99. The number of aliphatic hydroxyl groups excluding tert-OH is 1. The Morgan fingerprint density at radius 2 is 1.96 bits per heavy atom. The van der Waals surface area contributed by atoms with Gasteiger partial charge in [0.2, 0.25) is 5.91 Å². The number of ketones is 1. The molecular formula is C21H26N2O3. The van der Waals surface area contributed by atoms with Gasteiger partial charge in [0.05, 0.1) is 13.0 Å². The van der Waals surface area contributed by atoms with Crippen LogP contribution >= 0.6 is 0 Å². The molecule has 0 fully saturated rings. The molecule has 3 rings (SSSR count). The maximum Gasteiger partial charge on any atom is 0.226 e. The Labute approximate surface area is 154 Å². The molecule has 1 amide bonds. The Hall–Kier alpha value is -2.40. The maximum atomic E-state index is 12.6. The zero-order valence-electron chi connectivity index (χ0n) is 15.5. The lowest BCUT2D eigenvalue weighted by Gasteiger charge is -2.17. The fraction of sp³-hybridized carbons (Fsp3) is 0.429. The van der Waals surface area contributed by atoms with Crippen molar-refractivity contribution in [3.05, 3.63) is 58.4 Å². The minimum Gasteiger partial charge on any atom is -0.395 e. The molecule has 2 aromatic rings. The maximum absolute atomic E-state index is 12.6. The van der Waals surface area contributed by atoms with Crippen LogP contribution in [-0.2, 0) is 24.2 Å². The van der Waals surface area contributed by atoms with Crippen molar-refractivity contribution in [2.45, 2.75) is 39.2 Å². The van der Waals surface area contributed by atoms with Crippen molar-refractivity contribution in [2.75, 3.05) is 20.2 Å². The lowest BCUT2D eigenvalue weighted by Crippen LogP contribution is -2.31. The minimum absolute atomic E-state index is 0.0622. The zero-order valence-corrected chi connectivity index (χ0v) is 15.5. The third-order valence-corrected chi connectivity index (χ3v) is 5.23. The highest BCUT2D eigenvalue weighted by Gasteiger charge is 2.29. The number of aliphatic hydroxyl groups is 1. The number of benzene rings is 1. The minimum atomic E-state index is -0.0693. The summed E-state index contributed by atoms with van der Waals surface area (Å²) in [5.41, 5.74) is 4.86. The fourth-order valence-electron chi connectivity index (χ4n) is 3.74. The number of carbonyl (C=O) groups excluding carboxylic acids is 2. The van der Waals surface area contributed by atoms with E-state index in [2.05, 4.69) is 16.7 Å².